The van der Waals surface area contributed by atoms with Gasteiger partial charge >= 0.3 is 0 Å². The third kappa shape index (κ3) is 4.23. The number of nitrogens with two attached hydrogens (primary N) is 1. The van der Waals surface area contributed by atoms with Crippen LogP contribution >= 0.6 is 0 Å². The zero-order valence-corrected chi connectivity index (χ0v) is 14.1. The van der Waals surface area contributed by atoms with Crippen molar-refractivity contribution in [1.82, 2.24) is 0 Å². The largest absolute Gasteiger partial charge is 0.490 e. The van der Waals surface area contributed by atoms with E-state index in [4.69, 9.17) is 10.5 Å². The molecule has 2 N–H and O–H groups in total. The standard InChI is InChI=1S/C19H31NO/c1-5-14-6-7-15(13-20)18(12-14)21-17-10-8-16(9-11-17)19(2,3)4/h8-11,14-15,18H,5-7,12-13,20H2,1-4H3. The summed E-state index contributed by atoms with van der Waals surface area (Å²) in [6.07, 6.45) is 5.20. The zero-order valence-electron chi connectivity index (χ0n) is 14.1. The summed E-state index contributed by atoms with van der Waals surface area (Å²) in [5, 5.41) is 0. The highest BCUT2D eigenvalue weighted by Gasteiger charge is 2.30. The van der Waals surface area contributed by atoms with Crippen LogP contribution in [0.2, 0.25) is 0 Å². The smallest absolute Gasteiger partial charge is 0.119 e. The molecule has 1 aliphatic rings. The molecule has 1 fully saturated rings. The molecule has 2 rings (SSSR count). The van der Waals surface area contributed by atoms with Gasteiger partial charge in [0.05, 0.1) is 0 Å². The van der Waals surface area contributed by atoms with Crippen molar-refractivity contribution >= 4 is 0 Å². The topological polar surface area (TPSA) is 35.2 Å². The first-order chi connectivity index (χ1) is 9.94. The Morgan fingerprint density at radius 2 is 1.81 bits per heavy atom. The summed E-state index contributed by atoms with van der Waals surface area (Å²) < 4.78 is 6.28. The van der Waals surface area contributed by atoms with E-state index in [9.17, 15) is 0 Å². The Hall–Kier alpha value is -1.02. The number of hydrogen-bond acceptors (Lipinski definition) is 2. The quantitative estimate of drug-likeness (QED) is 0.884. The maximum absolute atomic E-state index is 6.28. The van der Waals surface area contributed by atoms with E-state index in [-0.39, 0.29) is 11.5 Å². The van der Waals surface area contributed by atoms with E-state index in [1.54, 1.807) is 0 Å². The van der Waals surface area contributed by atoms with Gasteiger partial charge in [0.15, 0.2) is 0 Å². The van der Waals surface area contributed by atoms with Gasteiger partial charge in [0.1, 0.15) is 11.9 Å². The van der Waals surface area contributed by atoms with Crippen LogP contribution in [-0.2, 0) is 5.41 Å². The summed E-state index contributed by atoms with van der Waals surface area (Å²) in [6, 6.07) is 8.60. The Kier molecular flexibility index (Phi) is 5.32. The summed E-state index contributed by atoms with van der Waals surface area (Å²) in [4.78, 5) is 0. The minimum absolute atomic E-state index is 0.191. The van der Waals surface area contributed by atoms with Gasteiger partial charge in [-0.3, -0.25) is 0 Å². The van der Waals surface area contributed by atoms with Gasteiger partial charge in [-0.25, -0.2) is 0 Å². The van der Waals surface area contributed by atoms with Gasteiger partial charge < -0.3 is 10.5 Å². The molecule has 0 heterocycles. The molecule has 0 spiro atoms. The molecule has 0 bridgehead atoms. The third-order valence-corrected chi connectivity index (χ3v) is 4.93. The van der Waals surface area contributed by atoms with E-state index in [1.807, 2.05) is 0 Å². The number of ether oxygens (including phenoxy) is 1. The van der Waals surface area contributed by atoms with Crippen LogP contribution in [0.1, 0.15) is 58.9 Å². The first kappa shape index (κ1) is 16.4. The van der Waals surface area contributed by atoms with E-state index in [2.05, 4.69) is 52.0 Å². The molecule has 1 aliphatic carbocycles. The van der Waals surface area contributed by atoms with Gasteiger partial charge in [0.25, 0.3) is 0 Å². The molecule has 0 radical (unpaired) electrons. The SMILES string of the molecule is CCC1CCC(CN)C(Oc2ccc(C(C)(C)C)cc2)C1. The molecule has 2 heteroatoms. The first-order valence-corrected chi connectivity index (χ1v) is 8.41. The molecular formula is C19H31NO. The van der Waals surface area contributed by atoms with E-state index in [0.717, 1.165) is 24.6 Å². The molecule has 2 nitrogen and oxygen atoms in total. The highest BCUT2D eigenvalue weighted by atomic mass is 16.5. The van der Waals surface area contributed by atoms with Crippen LogP contribution in [0.4, 0.5) is 0 Å². The van der Waals surface area contributed by atoms with Crippen LogP contribution in [0.5, 0.6) is 5.75 Å². The van der Waals surface area contributed by atoms with Crippen molar-refractivity contribution in [3.63, 3.8) is 0 Å². The molecule has 1 saturated carbocycles. The Bertz CT molecular complexity index is 432. The molecule has 3 atom stereocenters. The Balaban J connectivity index is 2.05. The van der Waals surface area contributed by atoms with Gasteiger partial charge in [-0.2, -0.15) is 0 Å². The van der Waals surface area contributed by atoms with Crippen molar-refractivity contribution in [2.75, 3.05) is 6.54 Å². The maximum atomic E-state index is 6.28. The lowest BCUT2D eigenvalue weighted by atomic mass is 9.78. The molecule has 0 aromatic heterocycles. The Labute approximate surface area is 130 Å². The lowest BCUT2D eigenvalue weighted by Gasteiger charge is -2.35. The fourth-order valence-electron chi connectivity index (χ4n) is 3.27. The van der Waals surface area contributed by atoms with Crippen LogP contribution in [0.25, 0.3) is 0 Å². The van der Waals surface area contributed by atoms with E-state index < -0.39 is 0 Å². The van der Waals surface area contributed by atoms with Crippen molar-refractivity contribution < 1.29 is 4.74 Å². The van der Waals surface area contributed by atoms with Crippen molar-refractivity contribution in [2.24, 2.45) is 17.6 Å². The normalized spacial score (nSPS) is 26.6. The summed E-state index contributed by atoms with van der Waals surface area (Å²) in [6.45, 7) is 9.73. The second kappa shape index (κ2) is 6.83. The van der Waals surface area contributed by atoms with E-state index in [0.29, 0.717) is 5.92 Å². The van der Waals surface area contributed by atoms with E-state index in [1.165, 1.54) is 24.8 Å². The molecule has 118 valence electrons. The van der Waals surface area contributed by atoms with Gasteiger partial charge in [0.2, 0.25) is 0 Å². The molecule has 3 unspecified atom stereocenters. The predicted octanol–water partition coefficient (Wildman–Crippen LogP) is 4.52. The average molecular weight is 289 g/mol. The van der Waals surface area contributed by atoms with Crippen LogP contribution in [0.3, 0.4) is 0 Å². The van der Waals surface area contributed by atoms with Gasteiger partial charge in [-0.1, -0.05) is 46.2 Å². The number of hydrogen-bond donors (Lipinski definition) is 1. The number of rotatable bonds is 4. The van der Waals surface area contributed by atoms with Crippen LogP contribution < -0.4 is 10.5 Å². The fourth-order valence-corrected chi connectivity index (χ4v) is 3.27. The molecular weight excluding hydrogens is 258 g/mol. The summed E-state index contributed by atoms with van der Waals surface area (Å²) in [5.74, 6) is 2.30. The van der Waals surface area contributed by atoms with Crippen molar-refractivity contribution in [3.05, 3.63) is 29.8 Å². The molecule has 21 heavy (non-hydrogen) atoms. The maximum Gasteiger partial charge on any atom is 0.119 e. The molecule has 1 aromatic rings. The monoisotopic (exact) mass is 289 g/mol. The minimum Gasteiger partial charge on any atom is -0.490 e. The lowest BCUT2D eigenvalue weighted by Crippen LogP contribution is -2.38. The van der Waals surface area contributed by atoms with Gasteiger partial charge in [0, 0.05) is 5.92 Å². The summed E-state index contributed by atoms with van der Waals surface area (Å²) >= 11 is 0. The average Bonchev–Trinajstić information content (AvgIpc) is 2.46. The van der Waals surface area contributed by atoms with Crippen molar-refractivity contribution in [2.45, 2.75) is 64.9 Å². The lowest BCUT2D eigenvalue weighted by molar-refractivity contribution is 0.0684. The molecule has 0 aliphatic heterocycles. The van der Waals surface area contributed by atoms with Crippen molar-refractivity contribution in [1.29, 1.82) is 0 Å². The zero-order chi connectivity index (χ0) is 15.5. The Morgan fingerprint density at radius 3 is 2.33 bits per heavy atom. The second-order valence-electron chi connectivity index (χ2n) is 7.51. The van der Waals surface area contributed by atoms with Crippen LogP contribution in [0, 0.1) is 11.8 Å². The molecule has 0 amide bonds. The van der Waals surface area contributed by atoms with Crippen LogP contribution in [-0.4, -0.2) is 12.6 Å². The van der Waals surface area contributed by atoms with Crippen LogP contribution in [0.15, 0.2) is 24.3 Å². The molecule has 1 aromatic carbocycles. The first-order valence-electron chi connectivity index (χ1n) is 8.41. The van der Waals surface area contributed by atoms with Crippen molar-refractivity contribution in [3.8, 4) is 5.75 Å². The predicted molar refractivity (Wildman–Crippen MR) is 89.7 cm³/mol. The third-order valence-electron chi connectivity index (χ3n) is 4.93. The highest BCUT2D eigenvalue weighted by molar-refractivity contribution is 5.31. The minimum atomic E-state index is 0.191. The summed E-state index contributed by atoms with van der Waals surface area (Å²) in [5.41, 5.74) is 7.47. The van der Waals surface area contributed by atoms with Gasteiger partial charge in [-0.15, -0.1) is 0 Å². The fraction of sp³-hybridized carbons (Fsp3) is 0.684. The summed E-state index contributed by atoms with van der Waals surface area (Å²) in [7, 11) is 0. The van der Waals surface area contributed by atoms with Gasteiger partial charge in [-0.05, 0) is 54.8 Å². The number of benzene rings is 1. The Morgan fingerprint density at radius 1 is 1.14 bits per heavy atom. The second-order valence-corrected chi connectivity index (χ2v) is 7.51. The van der Waals surface area contributed by atoms with E-state index >= 15 is 0 Å². The highest BCUT2D eigenvalue weighted by Crippen LogP contribution is 2.33. The molecule has 0 saturated heterocycles.